The fourth-order valence-electron chi connectivity index (χ4n) is 4.77. The van der Waals surface area contributed by atoms with E-state index in [2.05, 4.69) is 31.3 Å². The van der Waals surface area contributed by atoms with Crippen LogP contribution in [-0.2, 0) is 11.3 Å². The Bertz CT molecular complexity index is 1500. The largest absolute Gasteiger partial charge is 0.383 e. The van der Waals surface area contributed by atoms with Gasteiger partial charge in [-0.2, -0.15) is 9.61 Å². The minimum Gasteiger partial charge on any atom is -0.383 e. The van der Waals surface area contributed by atoms with Crippen LogP contribution >= 0.6 is 15.9 Å². The van der Waals surface area contributed by atoms with E-state index in [-0.39, 0.29) is 17.8 Å². The number of hydrogen-bond donors (Lipinski definition) is 3. The Morgan fingerprint density at radius 3 is 2.78 bits per heavy atom. The first-order valence-corrected chi connectivity index (χ1v) is 12.7. The molecule has 1 saturated carbocycles. The monoisotopic (exact) mass is 553 g/mol. The van der Waals surface area contributed by atoms with Gasteiger partial charge in [-0.1, -0.05) is 0 Å². The number of aliphatic hydroxyl groups is 1. The molecule has 1 aliphatic heterocycles. The van der Waals surface area contributed by atoms with Crippen LogP contribution in [0.5, 0.6) is 0 Å². The summed E-state index contributed by atoms with van der Waals surface area (Å²) in [7, 11) is 0. The molecular formula is C25H25BrFN7O2. The number of nitrogens with one attached hydrogen (secondary N) is 1. The first-order chi connectivity index (χ1) is 17.3. The van der Waals surface area contributed by atoms with Crippen LogP contribution in [0, 0.1) is 5.82 Å². The molecule has 0 spiro atoms. The van der Waals surface area contributed by atoms with E-state index in [9.17, 15) is 14.3 Å². The van der Waals surface area contributed by atoms with Crippen LogP contribution < -0.4 is 11.1 Å². The molecule has 1 aliphatic carbocycles. The van der Waals surface area contributed by atoms with Crippen LogP contribution in [0.25, 0.3) is 27.7 Å². The second-order valence-corrected chi connectivity index (χ2v) is 10.4. The van der Waals surface area contributed by atoms with Crippen molar-refractivity contribution in [2.24, 2.45) is 0 Å². The molecule has 1 aromatic carbocycles. The molecule has 3 aromatic heterocycles. The quantitative estimate of drug-likeness (QED) is 0.347. The molecule has 36 heavy (non-hydrogen) atoms. The van der Waals surface area contributed by atoms with E-state index in [1.54, 1.807) is 27.9 Å². The van der Waals surface area contributed by atoms with Crippen molar-refractivity contribution in [3.8, 4) is 11.1 Å². The van der Waals surface area contributed by atoms with Gasteiger partial charge >= 0.3 is 0 Å². The summed E-state index contributed by atoms with van der Waals surface area (Å²) >= 11 is 3.57. The van der Waals surface area contributed by atoms with Crippen LogP contribution in [0.15, 0.2) is 41.1 Å². The van der Waals surface area contributed by atoms with E-state index < -0.39 is 5.60 Å². The van der Waals surface area contributed by atoms with Crippen LogP contribution in [0.3, 0.4) is 0 Å². The van der Waals surface area contributed by atoms with Gasteiger partial charge in [0, 0.05) is 48.4 Å². The minimum atomic E-state index is -1.11. The maximum absolute atomic E-state index is 13.8. The van der Waals surface area contributed by atoms with Gasteiger partial charge in [-0.3, -0.25) is 9.78 Å². The number of amides is 1. The Labute approximate surface area is 214 Å². The van der Waals surface area contributed by atoms with Gasteiger partial charge in [0.1, 0.15) is 17.2 Å². The summed E-state index contributed by atoms with van der Waals surface area (Å²) in [5, 5.41) is 18.7. The number of rotatable bonds is 5. The van der Waals surface area contributed by atoms with E-state index in [1.165, 1.54) is 12.1 Å². The third-order valence-corrected chi connectivity index (χ3v) is 7.97. The topological polar surface area (TPSA) is 122 Å². The van der Waals surface area contributed by atoms with Gasteiger partial charge in [-0.25, -0.2) is 9.37 Å². The molecule has 9 nitrogen and oxygen atoms in total. The molecular weight excluding hydrogens is 529 g/mol. The number of piperidine rings is 1. The first-order valence-electron chi connectivity index (χ1n) is 11.9. The van der Waals surface area contributed by atoms with Gasteiger partial charge < -0.3 is 21.1 Å². The Morgan fingerprint density at radius 2 is 2.03 bits per heavy atom. The molecule has 0 bridgehead atoms. The minimum absolute atomic E-state index is 0.136. The van der Waals surface area contributed by atoms with E-state index in [0.29, 0.717) is 59.3 Å². The van der Waals surface area contributed by atoms with Gasteiger partial charge in [0.05, 0.1) is 21.9 Å². The number of hydrogen-bond acceptors (Lipinski definition) is 7. The van der Waals surface area contributed by atoms with Crippen LogP contribution in [-0.4, -0.2) is 60.2 Å². The highest BCUT2D eigenvalue weighted by Crippen LogP contribution is 2.37. The number of anilines is 1. The molecule has 1 saturated heterocycles. The molecule has 4 aromatic rings. The smallest absolute Gasteiger partial charge is 0.254 e. The van der Waals surface area contributed by atoms with Gasteiger partial charge in [0.15, 0.2) is 5.65 Å². The van der Waals surface area contributed by atoms with Gasteiger partial charge in [-0.05, 0) is 65.9 Å². The van der Waals surface area contributed by atoms with Crippen molar-refractivity contribution in [3.63, 3.8) is 0 Å². The highest BCUT2D eigenvalue weighted by atomic mass is 79.9. The molecule has 1 amide bonds. The molecule has 2 aliphatic rings. The molecule has 2 fully saturated rings. The van der Waals surface area contributed by atoms with Crippen molar-refractivity contribution < 1.29 is 14.3 Å². The number of fused-ring (bicyclic) bond motifs is 2. The molecule has 11 heteroatoms. The van der Waals surface area contributed by atoms with Gasteiger partial charge in [-0.15, -0.1) is 0 Å². The van der Waals surface area contributed by atoms with Crippen LogP contribution in [0.4, 0.5) is 10.2 Å². The molecule has 6 rings (SSSR count). The van der Waals surface area contributed by atoms with E-state index in [1.807, 2.05) is 6.07 Å². The summed E-state index contributed by atoms with van der Waals surface area (Å²) in [5.74, 6) is -0.0247. The third kappa shape index (κ3) is 4.10. The maximum atomic E-state index is 13.8. The van der Waals surface area contributed by atoms with Gasteiger partial charge in [0.2, 0.25) is 0 Å². The average molecular weight is 554 g/mol. The van der Waals surface area contributed by atoms with E-state index in [0.717, 1.165) is 29.7 Å². The number of halogens is 2. The molecule has 4 heterocycles. The molecule has 4 N–H and O–H groups in total. The Hall–Kier alpha value is -3.15. The number of nitrogen functional groups attached to an aromatic ring is 1. The fraction of sp³-hybridized carbons (Fsp3) is 0.360. The highest BCUT2D eigenvalue weighted by Gasteiger charge is 2.50. The fourth-order valence-corrected chi connectivity index (χ4v) is 5.17. The summed E-state index contributed by atoms with van der Waals surface area (Å²) in [5.41, 5.74) is 8.82. The summed E-state index contributed by atoms with van der Waals surface area (Å²) in [6.45, 7) is 1.73. The van der Waals surface area contributed by atoms with Crippen molar-refractivity contribution in [1.82, 2.24) is 29.8 Å². The lowest BCUT2D eigenvalue weighted by molar-refractivity contribution is -0.143. The number of carbonyl (C=O) groups is 1. The van der Waals surface area contributed by atoms with Crippen molar-refractivity contribution in [1.29, 1.82) is 0 Å². The summed E-state index contributed by atoms with van der Waals surface area (Å²) in [4.78, 5) is 23.5. The molecule has 0 unspecified atom stereocenters. The first kappa shape index (κ1) is 23.3. The molecule has 0 atom stereocenters. The Balaban J connectivity index is 1.22. The van der Waals surface area contributed by atoms with Gasteiger partial charge in [0.25, 0.3) is 5.91 Å². The molecule has 0 radical (unpaired) electrons. The summed E-state index contributed by atoms with van der Waals surface area (Å²) in [6, 6.07) is 6.58. The number of aromatic nitrogens is 4. The zero-order valence-corrected chi connectivity index (χ0v) is 21.0. The number of nitrogens with two attached hydrogens (primary N) is 1. The number of nitrogens with zero attached hydrogens (tertiary/aromatic N) is 5. The predicted molar refractivity (Wildman–Crippen MR) is 136 cm³/mol. The SMILES string of the molecule is Nc1c(Br)c(CNC2CCN(C(=O)C3(O)CC3)CC2)nc2c(-c3cnc4ccc(F)cc4c3)cnn12. The number of benzene rings is 1. The van der Waals surface area contributed by atoms with Crippen molar-refractivity contribution in [2.45, 2.75) is 43.9 Å². The van der Waals surface area contributed by atoms with Crippen molar-refractivity contribution in [2.75, 3.05) is 18.8 Å². The average Bonchev–Trinajstić information content (AvgIpc) is 3.50. The van der Waals surface area contributed by atoms with Crippen molar-refractivity contribution in [3.05, 3.63) is 52.6 Å². The second-order valence-electron chi connectivity index (χ2n) is 9.59. The molecule has 186 valence electrons. The van der Waals surface area contributed by atoms with E-state index >= 15 is 0 Å². The van der Waals surface area contributed by atoms with E-state index in [4.69, 9.17) is 10.7 Å². The lowest BCUT2D eigenvalue weighted by Crippen LogP contribution is -2.48. The number of carbonyl (C=O) groups excluding carboxylic acids is 1. The zero-order valence-electron chi connectivity index (χ0n) is 19.4. The lowest BCUT2D eigenvalue weighted by Gasteiger charge is -2.33. The maximum Gasteiger partial charge on any atom is 0.254 e. The van der Waals surface area contributed by atoms with Crippen molar-refractivity contribution >= 4 is 44.2 Å². The predicted octanol–water partition coefficient (Wildman–Crippen LogP) is 3.03. The zero-order chi connectivity index (χ0) is 25.0. The third-order valence-electron chi connectivity index (χ3n) is 7.11. The summed E-state index contributed by atoms with van der Waals surface area (Å²) < 4.78 is 16.0. The standard InChI is InChI=1S/C25H25BrFN7O2/c26-21-20(13-29-17-3-7-33(8-4-17)24(35)25(36)5-6-25)32-23-18(12-31-34(23)22(21)28)15-9-14-10-16(27)1-2-19(14)30-11-15/h1-2,9-12,17,29,36H,3-8,13,28H2. The summed E-state index contributed by atoms with van der Waals surface area (Å²) in [6.07, 6.45) is 6.14. The Kier molecular flexibility index (Phi) is 5.66. The lowest BCUT2D eigenvalue weighted by atomic mass is 10.0. The second kappa shape index (κ2) is 8.75. The number of likely N-dealkylation sites (tertiary alicyclic amines) is 1. The highest BCUT2D eigenvalue weighted by molar-refractivity contribution is 9.10. The Morgan fingerprint density at radius 1 is 1.25 bits per heavy atom. The van der Waals surface area contributed by atoms with Crippen LogP contribution in [0.2, 0.25) is 0 Å². The normalized spacial score (nSPS) is 17.7. The van der Waals surface area contributed by atoms with Crippen LogP contribution in [0.1, 0.15) is 31.4 Å². The number of pyridine rings is 1.